The molecule has 0 atom stereocenters. The summed E-state index contributed by atoms with van der Waals surface area (Å²) < 4.78 is 232. The molecule has 0 aliphatic heterocycles. The second-order valence-corrected chi connectivity index (χ2v) is 29.5. The molecular formula is C55H64N10O25S6. The molecule has 0 fully saturated rings. The number of hydrogen-bond acceptors (Lipinski definition) is 27. The second kappa shape index (κ2) is 32.8. The fraction of sp³-hybridized carbons (Fsp3) is 0.327. The maximum atomic E-state index is 14.1. The van der Waals surface area contributed by atoms with Crippen molar-refractivity contribution in [1.29, 1.82) is 0 Å². The van der Waals surface area contributed by atoms with E-state index in [9.17, 15) is 82.6 Å². The van der Waals surface area contributed by atoms with Gasteiger partial charge in [-0.2, -0.15) is 71.0 Å². The molecule has 0 unspecified atom stereocenters. The van der Waals surface area contributed by atoms with Crippen molar-refractivity contribution in [3.8, 4) is 34.5 Å². The molecule has 6 rings (SSSR count). The predicted molar refractivity (Wildman–Crippen MR) is 346 cm³/mol. The number of nitrogens with zero attached hydrogens (tertiary/aromatic N) is 8. The van der Waals surface area contributed by atoms with Crippen LogP contribution in [0.25, 0.3) is 0 Å². The molecule has 0 saturated heterocycles. The van der Waals surface area contributed by atoms with E-state index in [0.717, 1.165) is 12.1 Å². The van der Waals surface area contributed by atoms with Crippen molar-refractivity contribution in [2.24, 2.45) is 40.9 Å². The van der Waals surface area contributed by atoms with Crippen molar-refractivity contribution in [2.45, 2.75) is 63.2 Å². The third-order valence-corrected chi connectivity index (χ3v) is 17.8. The summed E-state index contributed by atoms with van der Waals surface area (Å²) in [4.78, 5) is 12.8. The zero-order valence-electron chi connectivity index (χ0n) is 51.5. The highest BCUT2D eigenvalue weighted by Crippen LogP contribution is 2.43. The molecule has 6 aromatic carbocycles. The number of ether oxygens (including phenoxy) is 6. The van der Waals surface area contributed by atoms with Crippen LogP contribution in [0.4, 0.5) is 61.7 Å². The molecule has 41 heteroatoms. The van der Waals surface area contributed by atoms with E-state index in [-0.39, 0.29) is 143 Å². The molecular weight excluding hydrogens is 1390 g/mol. The minimum Gasteiger partial charge on any atom is -0.497 e. The van der Waals surface area contributed by atoms with Gasteiger partial charge in [0.05, 0.1) is 97.8 Å². The topological polar surface area (TPSA) is 522 Å². The Morgan fingerprint density at radius 1 is 0.354 bits per heavy atom. The molecule has 35 nitrogen and oxygen atoms in total. The minimum atomic E-state index is -4.82. The van der Waals surface area contributed by atoms with Crippen LogP contribution in [0, 0.1) is 27.7 Å². The quantitative estimate of drug-likeness (QED) is 0.0106. The summed E-state index contributed by atoms with van der Waals surface area (Å²) in [5.41, 5.74) is 1.07. The van der Waals surface area contributed by atoms with Crippen molar-refractivity contribution in [1.82, 2.24) is 0 Å². The van der Waals surface area contributed by atoms with E-state index in [2.05, 4.69) is 51.5 Å². The average Bonchev–Trinajstić information content (AvgIpc) is 0.846. The summed E-state index contributed by atoms with van der Waals surface area (Å²) in [6.45, 7) is 4.95. The van der Waals surface area contributed by atoms with Crippen molar-refractivity contribution in [2.75, 3.05) is 74.3 Å². The number of aryl methyl sites for hydroxylation is 4. The first-order valence-corrected chi connectivity index (χ1v) is 37.1. The summed E-state index contributed by atoms with van der Waals surface area (Å²) in [5.74, 6) is -2.99. The van der Waals surface area contributed by atoms with Gasteiger partial charge in [0, 0.05) is 36.4 Å². The summed E-state index contributed by atoms with van der Waals surface area (Å²) >= 11 is 0. The second-order valence-electron chi connectivity index (χ2n) is 20.4. The molecule has 0 radical (unpaired) electrons. The summed E-state index contributed by atoms with van der Waals surface area (Å²) in [6, 6.07) is 17.3. The van der Waals surface area contributed by atoms with Crippen LogP contribution in [0.2, 0.25) is 0 Å². The van der Waals surface area contributed by atoms with Crippen molar-refractivity contribution in [3.63, 3.8) is 0 Å². The van der Waals surface area contributed by atoms with Crippen LogP contribution in [0.5, 0.6) is 34.5 Å². The predicted octanol–water partition coefficient (Wildman–Crippen LogP) is 11.4. The number of rotatable bonds is 34. The number of urea groups is 1. The lowest BCUT2D eigenvalue weighted by Gasteiger charge is -2.17. The van der Waals surface area contributed by atoms with Crippen LogP contribution < -0.4 is 39.1 Å². The lowest BCUT2D eigenvalue weighted by atomic mass is 10.1. The van der Waals surface area contributed by atoms with Gasteiger partial charge in [0.1, 0.15) is 67.0 Å². The number of nitrogens with one attached hydrogen (secondary N) is 2. The Morgan fingerprint density at radius 2 is 0.615 bits per heavy atom. The number of amides is 2. The highest BCUT2D eigenvalue weighted by atomic mass is 32.2. The third-order valence-electron chi connectivity index (χ3n) is 12.8. The average molecular weight is 1460 g/mol. The van der Waals surface area contributed by atoms with Crippen molar-refractivity contribution < 1.29 is 111 Å². The van der Waals surface area contributed by atoms with E-state index in [1.165, 1.54) is 87.0 Å². The number of anilines is 2. The molecule has 0 aliphatic rings. The Labute approximate surface area is 551 Å². The Kier molecular flexibility index (Phi) is 26.1. The largest absolute Gasteiger partial charge is 0.497 e. The SMILES string of the molecule is COc1ccc(N=Nc2cc(OCCCS(=O)(=O)O)c(N=Nc3cc(OCCCS(=O)(=O)O)c(NC(=O)Nc4cc(C)c(N=Nc5cc(C)c(N=Nc6ccc(OC)cc6S(=O)(=O)O)cc5OCCCS(=O)(=O)O)cc4OCCCS(=O)(=O)O)cc3C)cc2C)c(S(=O)(=O)O)c1. The van der Waals surface area contributed by atoms with Crippen LogP contribution in [0.15, 0.2) is 136 Å². The fourth-order valence-corrected chi connectivity index (χ4v) is 11.4. The first kappa shape index (κ1) is 76.3. The lowest BCUT2D eigenvalue weighted by Crippen LogP contribution is -2.21. The molecule has 8 N–H and O–H groups in total. The molecule has 520 valence electrons. The molecule has 0 bridgehead atoms. The van der Waals surface area contributed by atoms with Crippen LogP contribution in [0.3, 0.4) is 0 Å². The standard InChI is InChI=1S/C55H64N10O25S6/c1-33-23-45(49(87-15-7-19-91(67,68)69)29-41(33)62-64-47-25-35(3)43(31-51(47)89-17-9-21-93(73,74)75)60-58-39-13-11-37(85-5)27-53(39)95(79,80)81)56-55(66)57-46-24-34(2)42(30-50(46)88-16-8-20-92(70,71)72)63-65-48-26-36(4)44(32-52(48)90-18-10-22-94(76,77)78)61-59-40-14-12-38(86-6)28-54(40)96(82,83)84/h11-14,23-32H,7-10,15-22H2,1-6H3,(H2,56,57,66)(H,67,68,69)(H,70,71,72)(H,73,74,75)(H,76,77,78)(H,79,80,81)(H,82,83,84). The van der Waals surface area contributed by atoms with Crippen LogP contribution >= 0.6 is 0 Å². The first-order valence-electron chi connectivity index (χ1n) is 27.7. The number of azo groups is 4. The maximum Gasteiger partial charge on any atom is 0.323 e. The van der Waals surface area contributed by atoms with Gasteiger partial charge in [-0.15, -0.1) is 20.5 Å². The Bertz CT molecular complexity index is 4430. The van der Waals surface area contributed by atoms with E-state index in [1.54, 1.807) is 27.7 Å². The van der Waals surface area contributed by atoms with Gasteiger partial charge in [0.25, 0.3) is 60.7 Å². The molecule has 0 aliphatic carbocycles. The molecule has 6 aromatic rings. The zero-order valence-corrected chi connectivity index (χ0v) is 56.4. The normalized spacial score (nSPS) is 12.6. The van der Waals surface area contributed by atoms with Gasteiger partial charge in [0.15, 0.2) is 0 Å². The van der Waals surface area contributed by atoms with Gasteiger partial charge in [-0.3, -0.25) is 27.3 Å². The van der Waals surface area contributed by atoms with E-state index in [0.29, 0.717) is 22.3 Å². The minimum absolute atomic E-state index is 0.0132. The highest BCUT2D eigenvalue weighted by Gasteiger charge is 2.22. The van der Waals surface area contributed by atoms with Gasteiger partial charge >= 0.3 is 6.03 Å². The number of hydrogen-bond donors (Lipinski definition) is 8. The van der Waals surface area contributed by atoms with E-state index in [1.807, 2.05) is 0 Å². The molecule has 0 aromatic heterocycles. The van der Waals surface area contributed by atoms with Gasteiger partial charge in [-0.05, 0) is 124 Å². The van der Waals surface area contributed by atoms with Gasteiger partial charge < -0.3 is 39.1 Å². The van der Waals surface area contributed by atoms with Gasteiger partial charge in [0.2, 0.25) is 0 Å². The molecule has 0 saturated carbocycles. The van der Waals surface area contributed by atoms with E-state index in [4.69, 9.17) is 28.4 Å². The highest BCUT2D eigenvalue weighted by molar-refractivity contribution is 7.87. The monoisotopic (exact) mass is 1460 g/mol. The van der Waals surface area contributed by atoms with Gasteiger partial charge in [-0.1, -0.05) is 0 Å². The summed E-state index contributed by atoms with van der Waals surface area (Å²) in [6.07, 6.45) is -0.894. The summed E-state index contributed by atoms with van der Waals surface area (Å²) in [7, 11) is -24.8. The molecule has 0 heterocycles. The zero-order chi connectivity index (χ0) is 71.0. The number of carbonyl (C=O) groups excluding carboxylic acids is 1. The Hall–Kier alpha value is -8.75. The Morgan fingerprint density at radius 3 is 0.896 bits per heavy atom. The number of methoxy groups -OCH3 is 2. The first-order chi connectivity index (χ1) is 44.8. The van der Waals surface area contributed by atoms with Crippen molar-refractivity contribution in [3.05, 3.63) is 107 Å². The number of carbonyl (C=O) groups is 1. The van der Waals surface area contributed by atoms with Crippen LogP contribution in [-0.4, -0.2) is 148 Å². The van der Waals surface area contributed by atoms with Crippen molar-refractivity contribution >= 4 is 124 Å². The molecule has 0 spiro atoms. The van der Waals surface area contributed by atoms with Crippen LogP contribution in [-0.2, 0) is 60.7 Å². The smallest absolute Gasteiger partial charge is 0.323 e. The Balaban J connectivity index is 1.35. The van der Waals surface area contributed by atoms with E-state index < -0.39 is 99.5 Å². The fourth-order valence-electron chi connectivity index (χ4n) is 8.15. The third kappa shape index (κ3) is 24.5. The maximum absolute atomic E-state index is 14.1. The number of benzene rings is 6. The van der Waals surface area contributed by atoms with Crippen LogP contribution in [0.1, 0.15) is 47.9 Å². The van der Waals surface area contributed by atoms with Gasteiger partial charge in [-0.25, -0.2) is 4.79 Å². The molecule has 96 heavy (non-hydrogen) atoms. The molecule has 2 amide bonds. The summed E-state index contributed by atoms with van der Waals surface area (Å²) in [5, 5.41) is 39.1. The van der Waals surface area contributed by atoms with E-state index >= 15 is 0 Å². The lowest BCUT2D eigenvalue weighted by molar-refractivity contribution is 0.261.